The number of thiazole rings is 1. The zero-order valence-electron chi connectivity index (χ0n) is 19.2. The van der Waals surface area contributed by atoms with Gasteiger partial charge in [0.05, 0.1) is 28.0 Å². The number of aryl methyl sites for hydroxylation is 1. The standard InChI is InChI=1S/C24H22F6N4OS/c1-13-9-23(26,27)12-34(18(13)11-32-19-8-5-16(10-31-19)24(28,29)30)22(35)20-21(36-14(2)33-20)15-3-6-17(25)7-4-15/h3-8,10,13,18H,9,11-12H2,1-2H3,(H,31,32). The molecule has 2 aromatic heterocycles. The van der Waals surface area contributed by atoms with Crippen molar-refractivity contribution in [3.63, 3.8) is 0 Å². The van der Waals surface area contributed by atoms with Gasteiger partial charge in [-0.2, -0.15) is 13.2 Å². The predicted octanol–water partition coefficient (Wildman–Crippen LogP) is 6.27. The van der Waals surface area contributed by atoms with Gasteiger partial charge in [-0.25, -0.2) is 23.1 Å². The minimum atomic E-state index is -4.54. The molecule has 1 aliphatic rings. The van der Waals surface area contributed by atoms with Crippen molar-refractivity contribution in [2.45, 2.75) is 38.4 Å². The maximum atomic E-state index is 14.6. The largest absolute Gasteiger partial charge is 0.417 e. The molecule has 5 nitrogen and oxygen atoms in total. The number of anilines is 1. The van der Waals surface area contributed by atoms with Gasteiger partial charge in [0.1, 0.15) is 17.3 Å². The molecule has 1 aliphatic heterocycles. The second-order valence-electron chi connectivity index (χ2n) is 8.77. The van der Waals surface area contributed by atoms with Gasteiger partial charge < -0.3 is 10.2 Å². The first-order chi connectivity index (χ1) is 16.8. The number of pyridine rings is 1. The Morgan fingerprint density at radius 3 is 2.50 bits per heavy atom. The second-order valence-corrected chi connectivity index (χ2v) is 9.97. The number of benzene rings is 1. The van der Waals surface area contributed by atoms with Gasteiger partial charge >= 0.3 is 6.18 Å². The Hall–Kier alpha value is -3.15. The van der Waals surface area contributed by atoms with E-state index in [1.54, 1.807) is 13.8 Å². The van der Waals surface area contributed by atoms with Gasteiger partial charge in [0.25, 0.3) is 11.8 Å². The summed E-state index contributed by atoms with van der Waals surface area (Å²) in [4.78, 5) is 23.1. The van der Waals surface area contributed by atoms with Crippen LogP contribution in [0.4, 0.5) is 32.2 Å². The van der Waals surface area contributed by atoms with E-state index in [0.717, 1.165) is 17.0 Å². The fourth-order valence-electron chi connectivity index (χ4n) is 4.26. The highest BCUT2D eigenvalue weighted by Gasteiger charge is 2.46. The van der Waals surface area contributed by atoms with Crippen LogP contribution in [-0.4, -0.2) is 45.8 Å². The summed E-state index contributed by atoms with van der Waals surface area (Å²) in [5, 5.41) is 3.41. The maximum Gasteiger partial charge on any atom is 0.417 e. The molecule has 2 atom stereocenters. The van der Waals surface area contributed by atoms with Crippen LogP contribution in [0.15, 0.2) is 42.6 Å². The topological polar surface area (TPSA) is 58.1 Å². The van der Waals surface area contributed by atoms with Crippen LogP contribution in [0.2, 0.25) is 0 Å². The van der Waals surface area contributed by atoms with Gasteiger partial charge in [-0.05, 0) is 42.7 Å². The molecule has 4 rings (SSSR count). The van der Waals surface area contributed by atoms with Crippen molar-refractivity contribution >= 4 is 23.1 Å². The van der Waals surface area contributed by atoms with Crippen molar-refractivity contribution in [1.82, 2.24) is 14.9 Å². The fraction of sp³-hybridized carbons (Fsp3) is 0.375. The number of rotatable bonds is 5. The lowest BCUT2D eigenvalue weighted by molar-refractivity contribution is -0.137. The molecule has 0 bridgehead atoms. The lowest BCUT2D eigenvalue weighted by Crippen LogP contribution is -2.57. The van der Waals surface area contributed by atoms with Crippen LogP contribution in [0.5, 0.6) is 0 Å². The molecule has 0 radical (unpaired) electrons. The zero-order chi connectivity index (χ0) is 26.3. The number of carbonyl (C=O) groups excluding carboxylic acids is 1. The summed E-state index contributed by atoms with van der Waals surface area (Å²) in [5.41, 5.74) is -0.389. The van der Waals surface area contributed by atoms with Crippen LogP contribution >= 0.6 is 11.3 Å². The molecule has 0 saturated carbocycles. The van der Waals surface area contributed by atoms with Crippen LogP contribution < -0.4 is 5.32 Å². The molecule has 36 heavy (non-hydrogen) atoms. The monoisotopic (exact) mass is 528 g/mol. The van der Waals surface area contributed by atoms with Crippen molar-refractivity contribution in [3.05, 3.63) is 64.7 Å². The van der Waals surface area contributed by atoms with E-state index in [9.17, 15) is 31.1 Å². The predicted molar refractivity (Wildman–Crippen MR) is 124 cm³/mol. The highest BCUT2D eigenvalue weighted by Crippen LogP contribution is 2.38. The van der Waals surface area contributed by atoms with E-state index in [-0.39, 0.29) is 18.1 Å². The lowest BCUT2D eigenvalue weighted by atomic mass is 9.88. The first-order valence-corrected chi connectivity index (χ1v) is 11.8. The SMILES string of the molecule is Cc1nc(C(=O)N2CC(F)(F)CC(C)C2CNc2ccc(C(F)(F)F)cn2)c(-c2ccc(F)cc2)s1. The maximum absolute atomic E-state index is 14.6. The van der Waals surface area contributed by atoms with Crippen molar-refractivity contribution in [1.29, 1.82) is 0 Å². The molecular weight excluding hydrogens is 506 g/mol. The number of nitrogens with zero attached hydrogens (tertiary/aromatic N) is 3. The molecule has 1 amide bonds. The molecule has 1 saturated heterocycles. The van der Waals surface area contributed by atoms with Gasteiger partial charge in [-0.1, -0.05) is 19.1 Å². The third-order valence-electron chi connectivity index (χ3n) is 5.97. The van der Waals surface area contributed by atoms with Crippen LogP contribution in [0.3, 0.4) is 0 Å². The van der Waals surface area contributed by atoms with E-state index in [1.165, 1.54) is 35.6 Å². The number of hydrogen-bond acceptors (Lipinski definition) is 5. The Kier molecular flexibility index (Phi) is 7.00. The Morgan fingerprint density at radius 1 is 1.19 bits per heavy atom. The summed E-state index contributed by atoms with van der Waals surface area (Å²) < 4.78 is 80.9. The average Bonchev–Trinajstić information content (AvgIpc) is 3.19. The quantitative estimate of drug-likeness (QED) is 0.397. The molecular formula is C24H22F6N4OS. The Bertz CT molecular complexity index is 1230. The third kappa shape index (κ3) is 5.63. The van der Waals surface area contributed by atoms with Crippen molar-refractivity contribution in [2.75, 3.05) is 18.4 Å². The summed E-state index contributed by atoms with van der Waals surface area (Å²) in [5.74, 6) is -4.79. The zero-order valence-corrected chi connectivity index (χ0v) is 20.1. The molecule has 12 heteroatoms. The van der Waals surface area contributed by atoms with E-state index >= 15 is 0 Å². The van der Waals surface area contributed by atoms with Crippen LogP contribution in [0.1, 0.15) is 34.4 Å². The molecule has 192 valence electrons. The number of piperidine rings is 1. The molecule has 0 aliphatic carbocycles. The van der Waals surface area contributed by atoms with E-state index < -0.39 is 54.3 Å². The van der Waals surface area contributed by atoms with Gasteiger partial charge in [0, 0.05) is 19.2 Å². The number of amides is 1. The third-order valence-corrected chi connectivity index (χ3v) is 6.99. The van der Waals surface area contributed by atoms with Crippen molar-refractivity contribution < 1.29 is 31.1 Å². The average molecular weight is 529 g/mol. The van der Waals surface area contributed by atoms with Gasteiger partial charge in [-0.15, -0.1) is 11.3 Å². The summed E-state index contributed by atoms with van der Waals surface area (Å²) >= 11 is 1.19. The Labute approximate surface area is 207 Å². The molecule has 1 fully saturated rings. The minimum Gasteiger partial charge on any atom is -0.368 e. The number of carbonyl (C=O) groups is 1. The molecule has 0 spiro atoms. The molecule has 1 aromatic carbocycles. The van der Waals surface area contributed by atoms with Gasteiger partial charge in [0.15, 0.2) is 0 Å². The molecule has 3 heterocycles. The van der Waals surface area contributed by atoms with Gasteiger partial charge in [-0.3, -0.25) is 4.79 Å². The number of alkyl halides is 5. The normalized spacial score (nSPS) is 19.8. The number of hydrogen-bond donors (Lipinski definition) is 1. The number of aromatic nitrogens is 2. The van der Waals surface area contributed by atoms with Crippen molar-refractivity contribution in [2.24, 2.45) is 5.92 Å². The van der Waals surface area contributed by atoms with E-state index in [2.05, 4.69) is 15.3 Å². The Morgan fingerprint density at radius 2 is 1.89 bits per heavy atom. The lowest BCUT2D eigenvalue weighted by Gasteiger charge is -2.43. The number of nitrogens with one attached hydrogen (secondary N) is 1. The van der Waals surface area contributed by atoms with E-state index in [4.69, 9.17) is 0 Å². The highest BCUT2D eigenvalue weighted by molar-refractivity contribution is 7.15. The highest BCUT2D eigenvalue weighted by atomic mass is 32.1. The second kappa shape index (κ2) is 9.72. The van der Waals surface area contributed by atoms with Crippen LogP contribution in [0.25, 0.3) is 10.4 Å². The first-order valence-electron chi connectivity index (χ1n) is 11.0. The first kappa shape index (κ1) is 25.9. The van der Waals surface area contributed by atoms with E-state index in [0.29, 0.717) is 21.6 Å². The van der Waals surface area contributed by atoms with Crippen LogP contribution in [-0.2, 0) is 6.18 Å². The fourth-order valence-corrected chi connectivity index (χ4v) is 5.18. The van der Waals surface area contributed by atoms with E-state index in [1.807, 2.05) is 0 Å². The molecule has 3 aromatic rings. The number of likely N-dealkylation sites (tertiary alicyclic amines) is 1. The smallest absolute Gasteiger partial charge is 0.368 e. The summed E-state index contributed by atoms with van der Waals surface area (Å²) in [6.45, 7) is 2.43. The number of halogens is 6. The minimum absolute atomic E-state index is 0.00362. The summed E-state index contributed by atoms with van der Waals surface area (Å²) in [6.07, 6.45) is -4.31. The molecule has 1 N–H and O–H groups in total. The van der Waals surface area contributed by atoms with Crippen LogP contribution in [0, 0.1) is 18.7 Å². The summed E-state index contributed by atoms with van der Waals surface area (Å²) in [7, 11) is 0. The summed E-state index contributed by atoms with van der Waals surface area (Å²) in [6, 6.07) is 6.75. The van der Waals surface area contributed by atoms with Gasteiger partial charge in [0.2, 0.25) is 0 Å². The van der Waals surface area contributed by atoms with Crippen molar-refractivity contribution in [3.8, 4) is 10.4 Å². The Balaban J connectivity index is 1.60. The molecule has 2 unspecified atom stereocenters.